The van der Waals surface area contributed by atoms with Gasteiger partial charge in [0.25, 0.3) is 0 Å². The number of ketones is 1. The van der Waals surface area contributed by atoms with Crippen molar-refractivity contribution in [3.05, 3.63) is 57.8 Å². The zero-order valence-electron chi connectivity index (χ0n) is 15.5. The third kappa shape index (κ3) is 7.71. The van der Waals surface area contributed by atoms with Gasteiger partial charge in [-0.15, -0.1) is 11.3 Å². The van der Waals surface area contributed by atoms with Gasteiger partial charge in [0.05, 0.1) is 24.3 Å². The Bertz CT molecular complexity index is 832. The van der Waals surface area contributed by atoms with Gasteiger partial charge in [0, 0.05) is 18.3 Å². The fraction of sp³-hybridized carbons (Fsp3) is 0.300. The lowest BCUT2D eigenvalue weighted by Crippen LogP contribution is -2.28. The van der Waals surface area contributed by atoms with Crippen molar-refractivity contribution in [2.24, 2.45) is 0 Å². The molecule has 0 bridgehead atoms. The average Bonchev–Trinajstić information content (AvgIpc) is 3.14. The number of amides is 2. The van der Waals surface area contributed by atoms with Crippen molar-refractivity contribution in [2.45, 2.75) is 26.3 Å². The van der Waals surface area contributed by atoms with Crippen LogP contribution in [0.2, 0.25) is 0 Å². The van der Waals surface area contributed by atoms with Gasteiger partial charge >= 0.3 is 5.97 Å². The monoisotopic (exact) mass is 402 g/mol. The first-order valence-electron chi connectivity index (χ1n) is 8.76. The molecule has 0 unspecified atom stereocenters. The highest BCUT2D eigenvalue weighted by Gasteiger charge is 2.13. The summed E-state index contributed by atoms with van der Waals surface area (Å²) in [5.74, 6) is -1.18. The van der Waals surface area contributed by atoms with E-state index in [1.54, 1.807) is 12.1 Å². The number of Topliss-reactive ketones (excluding diaryl/α,β-unsaturated/α-hetero) is 1. The van der Waals surface area contributed by atoms with Crippen LogP contribution in [0.5, 0.6) is 0 Å². The van der Waals surface area contributed by atoms with E-state index < -0.39 is 5.97 Å². The number of hydrogen-bond donors (Lipinski definition) is 2. The minimum Gasteiger partial charge on any atom is -0.457 e. The second-order valence-electron chi connectivity index (χ2n) is 6.02. The number of ether oxygens (including phenoxy) is 1. The number of thiophene rings is 1. The van der Waals surface area contributed by atoms with Gasteiger partial charge in [-0.2, -0.15) is 0 Å². The molecule has 0 aliphatic rings. The fourth-order valence-corrected chi connectivity index (χ4v) is 3.14. The van der Waals surface area contributed by atoms with Crippen LogP contribution in [0.3, 0.4) is 0 Å². The highest BCUT2D eigenvalue weighted by Crippen LogP contribution is 2.17. The number of nitrogens with one attached hydrogen (secondary N) is 2. The van der Waals surface area contributed by atoms with E-state index in [2.05, 4.69) is 10.6 Å². The van der Waals surface area contributed by atoms with E-state index in [4.69, 9.17) is 4.74 Å². The van der Waals surface area contributed by atoms with Crippen molar-refractivity contribution in [2.75, 3.05) is 13.2 Å². The Morgan fingerprint density at radius 1 is 1.00 bits per heavy atom. The van der Waals surface area contributed by atoms with E-state index in [0.29, 0.717) is 11.4 Å². The first-order chi connectivity index (χ1) is 13.4. The molecule has 0 spiro atoms. The third-order valence-electron chi connectivity index (χ3n) is 3.67. The number of hydrogen-bond acceptors (Lipinski definition) is 6. The summed E-state index contributed by atoms with van der Waals surface area (Å²) in [5.41, 5.74) is 0.891. The van der Waals surface area contributed by atoms with E-state index in [9.17, 15) is 19.2 Å². The van der Waals surface area contributed by atoms with Crippen LogP contribution in [-0.4, -0.2) is 36.7 Å². The lowest BCUT2D eigenvalue weighted by molar-refractivity contribution is -0.142. The minimum absolute atomic E-state index is 0.00791. The van der Waals surface area contributed by atoms with Gasteiger partial charge in [0.1, 0.15) is 0 Å². The first-order valence-corrected chi connectivity index (χ1v) is 9.58. The minimum atomic E-state index is -0.552. The van der Waals surface area contributed by atoms with Gasteiger partial charge in [-0.1, -0.05) is 30.3 Å². The summed E-state index contributed by atoms with van der Waals surface area (Å²) in [6, 6.07) is 12.7. The summed E-state index contributed by atoms with van der Waals surface area (Å²) in [6.45, 7) is 1.58. The molecule has 0 saturated heterocycles. The lowest BCUT2D eigenvalue weighted by Gasteiger charge is -2.06. The second kappa shape index (κ2) is 11.0. The number of carbonyl (C=O) groups excluding carboxylic acids is 4. The molecule has 0 atom stereocenters. The van der Waals surface area contributed by atoms with Crippen LogP contribution in [0.1, 0.15) is 33.5 Å². The molecule has 8 heteroatoms. The van der Waals surface area contributed by atoms with Gasteiger partial charge in [-0.25, -0.2) is 0 Å². The van der Waals surface area contributed by atoms with E-state index >= 15 is 0 Å². The summed E-state index contributed by atoms with van der Waals surface area (Å²) in [6.07, 6.45) is 0.236. The molecule has 2 rings (SSSR count). The van der Waals surface area contributed by atoms with Crippen LogP contribution in [0.25, 0.3) is 0 Å². The van der Waals surface area contributed by atoms with Gasteiger partial charge < -0.3 is 15.4 Å². The number of esters is 1. The van der Waals surface area contributed by atoms with Gasteiger partial charge in [-0.3, -0.25) is 19.2 Å². The summed E-state index contributed by atoms with van der Waals surface area (Å²) in [7, 11) is 0. The van der Waals surface area contributed by atoms with E-state index in [-0.39, 0.29) is 43.6 Å². The quantitative estimate of drug-likeness (QED) is 0.467. The van der Waals surface area contributed by atoms with Crippen molar-refractivity contribution in [1.29, 1.82) is 0 Å². The molecule has 0 aliphatic carbocycles. The van der Waals surface area contributed by atoms with Gasteiger partial charge in [-0.05, 0) is 17.7 Å². The standard InChI is InChI=1S/C20H22N2O5S/c1-14(23)22-12-16-7-8-18(28-16)17(24)13-27-20(26)9-10-21-19(25)11-15-5-3-2-4-6-15/h2-8H,9-13H2,1H3,(H,21,25)(H,22,23). The summed E-state index contributed by atoms with van der Waals surface area (Å²) >= 11 is 1.24. The predicted molar refractivity (Wildman–Crippen MR) is 105 cm³/mol. The molecule has 1 aromatic carbocycles. The molecule has 148 valence electrons. The first kappa shape index (κ1) is 21.3. The van der Waals surface area contributed by atoms with Gasteiger partial charge in [0.15, 0.2) is 6.61 Å². The van der Waals surface area contributed by atoms with Crippen molar-refractivity contribution < 1.29 is 23.9 Å². The Balaban J connectivity index is 1.64. The van der Waals surface area contributed by atoms with Crippen LogP contribution in [0, 0.1) is 0 Å². The summed E-state index contributed by atoms with van der Waals surface area (Å²) in [4.78, 5) is 47.8. The van der Waals surface area contributed by atoms with Crippen LogP contribution >= 0.6 is 11.3 Å². The molecule has 2 amide bonds. The van der Waals surface area contributed by atoms with E-state index in [0.717, 1.165) is 10.4 Å². The highest BCUT2D eigenvalue weighted by molar-refractivity contribution is 7.14. The molecule has 0 fully saturated rings. The molecular weight excluding hydrogens is 380 g/mol. The lowest BCUT2D eigenvalue weighted by atomic mass is 10.1. The van der Waals surface area contributed by atoms with Crippen LogP contribution in [0.15, 0.2) is 42.5 Å². The van der Waals surface area contributed by atoms with Crippen LogP contribution in [-0.2, 0) is 32.1 Å². The fourth-order valence-electron chi connectivity index (χ4n) is 2.27. The normalized spacial score (nSPS) is 10.2. The van der Waals surface area contributed by atoms with Crippen molar-refractivity contribution in [3.63, 3.8) is 0 Å². The van der Waals surface area contributed by atoms with Gasteiger partial charge in [0.2, 0.25) is 17.6 Å². The molecule has 0 saturated carbocycles. The zero-order valence-corrected chi connectivity index (χ0v) is 16.3. The molecule has 7 nitrogen and oxygen atoms in total. The number of carbonyl (C=O) groups is 4. The SMILES string of the molecule is CC(=O)NCc1ccc(C(=O)COC(=O)CCNC(=O)Cc2ccccc2)s1. The number of rotatable bonds is 10. The Morgan fingerprint density at radius 3 is 2.46 bits per heavy atom. The van der Waals surface area contributed by atoms with Crippen LogP contribution < -0.4 is 10.6 Å². The molecule has 2 N–H and O–H groups in total. The van der Waals surface area contributed by atoms with Crippen molar-refractivity contribution in [1.82, 2.24) is 10.6 Å². The molecule has 0 radical (unpaired) electrons. The van der Waals surface area contributed by atoms with E-state index in [1.165, 1.54) is 18.3 Å². The molecule has 0 aliphatic heterocycles. The van der Waals surface area contributed by atoms with Crippen molar-refractivity contribution in [3.8, 4) is 0 Å². The largest absolute Gasteiger partial charge is 0.457 e. The van der Waals surface area contributed by atoms with Crippen LogP contribution in [0.4, 0.5) is 0 Å². The Morgan fingerprint density at radius 2 is 1.75 bits per heavy atom. The summed E-state index contributed by atoms with van der Waals surface area (Å²) in [5, 5.41) is 5.30. The maximum atomic E-state index is 12.1. The maximum Gasteiger partial charge on any atom is 0.308 e. The smallest absolute Gasteiger partial charge is 0.308 e. The topological polar surface area (TPSA) is 102 Å². The maximum absolute atomic E-state index is 12.1. The zero-order chi connectivity index (χ0) is 20.4. The molecule has 28 heavy (non-hydrogen) atoms. The second-order valence-corrected chi connectivity index (χ2v) is 7.19. The highest BCUT2D eigenvalue weighted by atomic mass is 32.1. The third-order valence-corrected chi connectivity index (χ3v) is 4.80. The molecule has 2 aromatic rings. The Kier molecular flexibility index (Phi) is 8.36. The molecular formula is C20H22N2O5S. The summed E-state index contributed by atoms with van der Waals surface area (Å²) < 4.78 is 4.96. The van der Waals surface area contributed by atoms with Crippen molar-refractivity contribution >= 4 is 34.9 Å². The average molecular weight is 402 g/mol. The Labute approximate surface area is 167 Å². The molecule has 1 aromatic heterocycles. The molecule has 1 heterocycles. The Hall–Kier alpha value is -3.00. The van der Waals surface area contributed by atoms with E-state index in [1.807, 2.05) is 30.3 Å². The predicted octanol–water partition coefficient (Wildman–Crippen LogP) is 1.86. The number of benzene rings is 1.